The molecule has 0 saturated carbocycles. The molecule has 0 radical (unpaired) electrons. The van der Waals surface area contributed by atoms with E-state index in [0.717, 1.165) is 77.0 Å². The number of ether oxygens (including phenoxy) is 3. The van der Waals surface area contributed by atoms with Crippen molar-refractivity contribution in [3.8, 4) is 0 Å². The maximum atomic E-state index is 12.8. The normalized spacial score (nSPS) is 12.8. The molecule has 0 aromatic carbocycles. The van der Waals surface area contributed by atoms with Gasteiger partial charge in [0.05, 0.1) is 0 Å². The van der Waals surface area contributed by atoms with Crippen LogP contribution in [0, 0.1) is 0 Å². The minimum absolute atomic E-state index is 0.107. The van der Waals surface area contributed by atoms with Crippen molar-refractivity contribution in [3.05, 3.63) is 97.2 Å². The zero-order chi connectivity index (χ0) is 49.3. The summed E-state index contributed by atoms with van der Waals surface area (Å²) < 4.78 is 16.8. The standard InChI is InChI=1S/C62H104O6/c1-4-7-10-13-16-19-22-25-27-29-31-33-34-37-40-43-46-49-52-55-61(64)67-58-59(57-66-60(63)54-51-48-45-42-39-36-24-21-18-15-12-9-6-3)68-62(65)56-53-50-47-44-41-38-35-32-30-28-26-23-20-17-14-11-8-5-2/h16-17,19-20,22-23,25-26,28,30,32,35-36,39,45,48,59H,4-15,18,21,24,27,29,31,33-34,37-38,40-44,46-47,49-58H2,1-3H3/b19-16-,20-17-,25-22-,26-23-,30-28-,35-32-,39-36-,48-45-. The maximum absolute atomic E-state index is 12.8. The molecule has 1 unspecified atom stereocenters. The second-order valence-corrected chi connectivity index (χ2v) is 18.6. The predicted octanol–water partition coefficient (Wildman–Crippen LogP) is 18.9. The van der Waals surface area contributed by atoms with Gasteiger partial charge < -0.3 is 14.2 Å². The molecule has 68 heavy (non-hydrogen) atoms. The van der Waals surface area contributed by atoms with Gasteiger partial charge in [-0.25, -0.2) is 0 Å². The summed E-state index contributed by atoms with van der Waals surface area (Å²) in [5.74, 6) is -1.00. The van der Waals surface area contributed by atoms with Crippen LogP contribution in [0.15, 0.2) is 97.2 Å². The largest absolute Gasteiger partial charge is 0.462 e. The van der Waals surface area contributed by atoms with E-state index in [-0.39, 0.29) is 44.0 Å². The van der Waals surface area contributed by atoms with E-state index in [2.05, 4.69) is 112 Å². The molecule has 0 aromatic heterocycles. The highest BCUT2D eigenvalue weighted by atomic mass is 16.6. The van der Waals surface area contributed by atoms with Gasteiger partial charge in [0.25, 0.3) is 0 Å². The number of allylic oxidation sites excluding steroid dienone is 16. The Morgan fingerprint density at radius 3 is 1.07 bits per heavy atom. The van der Waals surface area contributed by atoms with E-state index in [4.69, 9.17) is 14.2 Å². The predicted molar refractivity (Wildman–Crippen MR) is 293 cm³/mol. The van der Waals surface area contributed by atoms with Crippen molar-refractivity contribution >= 4 is 17.9 Å². The van der Waals surface area contributed by atoms with Gasteiger partial charge in [-0.1, -0.05) is 246 Å². The van der Waals surface area contributed by atoms with E-state index < -0.39 is 6.10 Å². The van der Waals surface area contributed by atoms with Gasteiger partial charge in [-0.05, 0) is 89.9 Å². The second kappa shape index (κ2) is 55.9. The highest BCUT2D eigenvalue weighted by molar-refractivity contribution is 5.71. The summed E-state index contributed by atoms with van der Waals surface area (Å²) in [6.07, 6.45) is 74.0. The number of carbonyl (C=O) groups excluding carboxylic acids is 3. The Balaban J connectivity index is 4.48. The molecule has 388 valence electrons. The average Bonchev–Trinajstić information content (AvgIpc) is 3.34. The van der Waals surface area contributed by atoms with Crippen LogP contribution in [-0.4, -0.2) is 37.2 Å². The lowest BCUT2D eigenvalue weighted by molar-refractivity contribution is -0.166. The Labute approximate surface area is 419 Å². The fourth-order valence-corrected chi connectivity index (χ4v) is 7.62. The molecule has 0 saturated heterocycles. The lowest BCUT2D eigenvalue weighted by Crippen LogP contribution is -2.30. The molecule has 0 heterocycles. The first-order chi connectivity index (χ1) is 33.5. The molecule has 0 aliphatic heterocycles. The Morgan fingerprint density at radius 1 is 0.309 bits per heavy atom. The Morgan fingerprint density at radius 2 is 0.618 bits per heavy atom. The molecule has 0 aliphatic rings. The van der Waals surface area contributed by atoms with Crippen LogP contribution >= 0.6 is 0 Å². The summed E-state index contributed by atoms with van der Waals surface area (Å²) >= 11 is 0. The number of carbonyl (C=O) groups is 3. The summed E-state index contributed by atoms with van der Waals surface area (Å²) in [5, 5.41) is 0. The molecule has 6 heteroatoms. The lowest BCUT2D eigenvalue weighted by atomic mass is 10.1. The van der Waals surface area contributed by atoms with Crippen molar-refractivity contribution < 1.29 is 28.6 Å². The van der Waals surface area contributed by atoms with Crippen molar-refractivity contribution in [2.45, 2.75) is 264 Å². The third kappa shape index (κ3) is 53.3. The maximum Gasteiger partial charge on any atom is 0.306 e. The van der Waals surface area contributed by atoms with Gasteiger partial charge in [0.2, 0.25) is 0 Å². The highest BCUT2D eigenvalue weighted by Gasteiger charge is 2.19. The Hall–Kier alpha value is -3.67. The van der Waals surface area contributed by atoms with Gasteiger partial charge in [0, 0.05) is 19.3 Å². The van der Waals surface area contributed by atoms with Crippen LogP contribution in [0.4, 0.5) is 0 Å². The first-order valence-electron chi connectivity index (χ1n) is 28.3. The SMILES string of the molecule is CCCCC\C=C/C=C\C=C/C=C\CCCCCCCC(=O)OC(COC(=O)CC/C=C\C/C=C\CCCCCCCC)COC(=O)CCCCCCCCCCCC/C=C\C=C/CCCCC. The van der Waals surface area contributed by atoms with Crippen LogP contribution in [0.2, 0.25) is 0 Å². The van der Waals surface area contributed by atoms with Gasteiger partial charge in [0.15, 0.2) is 6.10 Å². The zero-order valence-corrected chi connectivity index (χ0v) is 44.3. The summed E-state index contributed by atoms with van der Waals surface area (Å²) in [5.41, 5.74) is 0. The number of unbranched alkanes of at least 4 members (excludes halogenated alkanes) is 27. The fraction of sp³-hybridized carbons (Fsp3) is 0.694. The van der Waals surface area contributed by atoms with Crippen LogP contribution in [0.5, 0.6) is 0 Å². The molecule has 6 nitrogen and oxygen atoms in total. The van der Waals surface area contributed by atoms with Gasteiger partial charge in [0.1, 0.15) is 13.2 Å². The van der Waals surface area contributed by atoms with Crippen molar-refractivity contribution in [2.75, 3.05) is 13.2 Å². The van der Waals surface area contributed by atoms with Gasteiger partial charge in [-0.2, -0.15) is 0 Å². The van der Waals surface area contributed by atoms with E-state index in [1.807, 2.05) is 6.08 Å². The number of hydrogen-bond acceptors (Lipinski definition) is 6. The van der Waals surface area contributed by atoms with E-state index >= 15 is 0 Å². The van der Waals surface area contributed by atoms with E-state index in [1.54, 1.807) is 0 Å². The molecule has 0 fully saturated rings. The van der Waals surface area contributed by atoms with Crippen molar-refractivity contribution in [1.82, 2.24) is 0 Å². The van der Waals surface area contributed by atoms with Crippen molar-refractivity contribution in [2.24, 2.45) is 0 Å². The van der Waals surface area contributed by atoms with E-state index in [1.165, 1.54) is 135 Å². The van der Waals surface area contributed by atoms with Gasteiger partial charge in [-0.3, -0.25) is 14.4 Å². The first kappa shape index (κ1) is 64.3. The fourth-order valence-electron chi connectivity index (χ4n) is 7.62. The molecule has 0 spiro atoms. The summed E-state index contributed by atoms with van der Waals surface area (Å²) in [6.45, 7) is 6.49. The van der Waals surface area contributed by atoms with Crippen molar-refractivity contribution in [1.29, 1.82) is 0 Å². The minimum Gasteiger partial charge on any atom is -0.462 e. The smallest absolute Gasteiger partial charge is 0.306 e. The quantitative estimate of drug-likeness (QED) is 0.0199. The third-order valence-electron chi connectivity index (χ3n) is 11.9. The van der Waals surface area contributed by atoms with Crippen LogP contribution in [0.3, 0.4) is 0 Å². The third-order valence-corrected chi connectivity index (χ3v) is 11.9. The Bertz CT molecular complexity index is 1360. The molecule has 0 rings (SSSR count). The van der Waals surface area contributed by atoms with E-state index in [0.29, 0.717) is 12.8 Å². The molecular weight excluding hydrogens is 841 g/mol. The monoisotopic (exact) mass is 945 g/mol. The number of esters is 3. The van der Waals surface area contributed by atoms with Crippen LogP contribution < -0.4 is 0 Å². The van der Waals surface area contributed by atoms with Crippen LogP contribution in [0.1, 0.15) is 258 Å². The number of rotatable bonds is 50. The molecule has 0 bridgehead atoms. The van der Waals surface area contributed by atoms with Gasteiger partial charge >= 0.3 is 17.9 Å². The van der Waals surface area contributed by atoms with Crippen LogP contribution in [0.25, 0.3) is 0 Å². The second-order valence-electron chi connectivity index (χ2n) is 18.6. The number of hydrogen-bond donors (Lipinski definition) is 0. The molecule has 0 amide bonds. The molecular formula is C62H104O6. The summed E-state index contributed by atoms with van der Waals surface area (Å²) in [6, 6.07) is 0. The molecule has 0 N–H and O–H groups in total. The Kier molecular flexibility index (Phi) is 52.9. The average molecular weight is 946 g/mol. The highest BCUT2D eigenvalue weighted by Crippen LogP contribution is 2.14. The minimum atomic E-state index is -0.815. The first-order valence-corrected chi connectivity index (χ1v) is 28.3. The van der Waals surface area contributed by atoms with Crippen molar-refractivity contribution in [3.63, 3.8) is 0 Å². The van der Waals surface area contributed by atoms with E-state index in [9.17, 15) is 14.4 Å². The summed E-state index contributed by atoms with van der Waals surface area (Å²) in [4.78, 5) is 38.1. The molecule has 1 atom stereocenters. The topological polar surface area (TPSA) is 78.9 Å². The van der Waals surface area contributed by atoms with Gasteiger partial charge in [-0.15, -0.1) is 0 Å². The van der Waals surface area contributed by atoms with Crippen LogP contribution in [-0.2, 0) is 28.6 Å². The molecule has 0 aromatic rings. The summed E-state index contributed by atoms with van der Waals surface area (Å²) in [7, 11) is 0. The lowest BCUT2D eigenvalue weighted by Gasteiger charge is -2.18. The zero-order valence-electron chi connectivity index (χ0n) is 44.3. The molecule has 0 aliphatic carbocycles.